The van der Waals surface area contributed by atoms with Crippen LogP contribution in [-0.4, -0.2) is 30.4 Å². The van der Waals surface area contributed by atoms with Crippen molar-refractivity contribution in [3.8, 4) is 0 Å². The van der Waals surface area contributed by atoms with Crippen molar-refractivity contribution >= 4 is 49.0 Å². The number of hydrogen-bond donors (Lipinski definition) is 1. The first-order valence-corrected chi connectivity index (χ1v) is 12.2. The Hall–Kier alpha value is -3.17. The third-order valence-electron chi connectivity index (χ3n) is 5.58. The van der Waals surface area contributed by atoms with Crippen LogP contribution in [0.15, 0.2) is 71.2 Å². The van der Waals surface area contributed by atoms with E-state index >= 15 is 0 Å². The van der Waals surface area contributed by atoms with Crippen molar-refractivity contribution in [2.45, 2.75) is 24.3 Å². The molecule has 5 rings (SSSR count). The van der Waals surface area contributed by atoms with Crippen LogP contribution in [0.25, 0.3) is 10.9 Å². The molecule has 0 fully saturated rings. The largest absolute Gasteiger partial charge is 0.335 e. The number of nitrogens with zero attached hydrogens (tertiary/aromatic N) is 3. The van der Waals surface area contributed by atoms with E-state index in [0.717, 1.165) is 22.2 Å². The van der Waals surface area contributed by atoms with Gasteiger partial charge in [0.05, 0.1) is 4.90 Å². The number of benzene rings is 2. The second kappa shape index (κ2) is 7.51. The lowest BCUT2D eigenvalue weighted by Crippen LogP contribution is -2.34. The van der Waals surface area contributed by atoms with Gasteiger partial charge in [-0.05, 0) is 54.6 Å². The van der Waals surface area contributed by atoms with E-state index in [0.29, 0.717) is 18.1 Å². The molecule has 0 aliphatic carbocycles. The van der Waals surface area contributed by atoms with Crippen LogP contribution in [0.1, 0.15) is 18.5 Å². The lowest BCUT2D eigenvalue weighted by molar-refractivity contribution is -0.121. The molecule has 4 aromatic rings. The summed E-state index contributed by atoms with van der Waals surface area (Å²) in [6.07, 6.45) is 4.09. The summed E-state index contributed by atoms with van der Waals surface area (Å²) in [7, 11) is -3.73. The fourth-order valence-electron chi connectivity index (χ4n) is 4.01. The predicted octanol–water partition coefficient (Wildman–Crippen LogP) is 4.05. The maximum Gasteiger partial charge on any atom is 0.263 e. The van der Waals surface area contributed by atoms with Crippen LogP contribution >= 0.6 is 11.3 Å². The molecule has 0 radical (unpaired) electrons. The third-order valence-corrected chi connectivity index (χ3v) is 7.74. The summed E-state index contributed by atoms with van der Waals surface area (Å²) in [5.41, 5.74) is 2.62. The molecule has 31 heavy (non-hydrogen) atoms. The molecular weight excluding hydrogens is 432 g/mol. The third kappa shape index (κ3) is 3.49. The van der Waals surface area contributed by atoms with Gasteiger partial charge in [0.1, 0.15) is 6.04 Å². The molecule has 2 aromatic carbocycles. The highest BCUT2D eigenvalue weighted by molar-refractivity contribution is 7.93. The normalized spacial score (nSPS) is 14.5. The number of para-hydroxylation sites is 1. The molecule has 158 valence electrons. The molecule has 7 nitrogen and oxygen atoms in total. The quantitative estimate of drug-likeness (QED) is 0.495. The Labute approximate surface area is 184 Å². The highest BCUT2D eigenvalue weighted by Gasteiger charge is 2.30. The lowest BCUT2D eigenvalue weighted by Gasteiger charge is -2.23. The van der Waals surface area contributed by atoms with Gasteiger partial charge in [-0.2, -0.15) is 0 Å². The number of fused-ring (bicyclic) bond motifs is 2. The number of amides is 1. The minimum Gasteiger partial charge on any atom is -0.335 e. The molecule has 9 heteroatoms. The van der Waals surface area contributed by atoms with Gasteiger partial charge in [0.2, 0.25) is 5.91 Å². The Balaban J connectivity index is 1.41. The monoisotopic (exact) mass is 452 g/mol. The standard InChI is InChI=1S/C22H20N4O3S2/c1-15(25-11-8-16-4-2-3-5-19(16)25)21(27)26-12-9-17-14-18(6-7-20(17)26)31(28,29)24-22-23-10-13-30-22/h2-8,10-11,13-15H,9,12H2,1H3,(H,23,24)/t15-/m1/s1. The van der Waals surface area contributed by atoms with Crippen molar-refractivity contribution < 1.29 is 13.2 Å². The number of nitrogens with one attached hydrogen (secondary N) is 1. The SMILES string of the molecule is C[C@H](C(=O)N1CCc2cc(S(=O)(=O)Nc3nccs3)ccc21)n1ccc2ccccc21. The summed E-state index contributed by atoms with van der Waals surface area (Å²) in [5, 5.41) is 3.12. The first-order valence-electron chi connectivity index (χ1n) is 9.86. The highest BCUT2D eigenvalue weighted by atomic mass is 32.2. The van der Waals surface area contributed by atoms with Crippen molar-refractivity contribution in [1.29, 1.82) is 0 Å². The number of rotatable bonds is 5. The molecule has 1 aliphatic heterocycles. The van der Waals surface area contributed by atoms with Gasteiger partial charge < -0.3 is 9.47 Å². The van der Waals surface area contributed by atoms with Gasteiger partial charge in [0.15, 0.2) is 5.13 Å². The number of carbonyl (C=O) groups is 1. The van der Waals surface area contributed by atoms with E-state index in [1.165, 1.54) is 17.4 Å². The van der Waals surface area contributed by atoms with Gasteiger partial charge >= 0.3 is 0 Å². The molecule has 0 saturated carbocycles. The van der Waals surface area contributed by atoms with Gasteiger partial charge in [-0.25, -0.2) is 13.4 Å². The van der Waals surface area contributed by atoms with Crippen LogP contribution in [0.4, 0.5) is 10.8 Å². The number of hydrogen-bond acceptors (Lipinski definition) is 5. The molecule has 2 aromatic heterocycles. The molecule has 3 heterocycles. The minimum absolute atomic E-state index is 0.0170. The van der Waals surface area contributed by atoms with E-state index in [1.54, 1.807) is 28.6 Å². The van der Waals surface area contributed by atoms with Crippen molar-refractivity contribution in [2.75, 3.05) is 16.2 Å². The van der Waals surface area contributed by atoms with Crippen LogP contribution in [0.5, 0.6) is 0 Å². The Morgan fingerprint density at radius 1 is 1.19 bits per heavy atom. The predicted molar refractivity (Wildman–Crippen MR) is 122 cm³/mol. The van der Waals surface area contributed by atoms with Crippen LogP contribution in [0, 0.1) is 0 Å². The molecule has 0 saturated heterocycles. The first-order chi connectivity index (χ1) is 14.9. The Bertz CT molecular complexity index is 1380. The van der Waals surface area contributed by atoms with Crippen molar-refractivity contribution in [3.05, 3.63) is 71.9 Å². The molecule has 0 unspecified atom stereocenters. The zero-order chi connectivity index (χ0) is 21.6. The molecule has 1 atom stereocenters. The number of carbonyl (C=O) groups excluding carboxylic acids is 1. The highest BCUT2D eigenvalue weighted by Crippen LogP contribution is 2.33. The maximum atomic E-state index is 13.3. The summed E-state index contributed by atoms with van der Waals surface area (Å²) in [4.78, 5) is 19.2. The van der Waals surface area contributed by atoms with Gasteiger partial charge in [-0.15, -0.1) is 11.3 Å². The van der Waals surface area contributed by atoms with Gasteiger partial charge in [-0.3, -0.25) is 9.52 Å². The molecule has 0 spiro atoms. The number of sulfonamides is 1. The topological polar surface area (TPSA) is 84.3 Å². The average Bonchev–Trinajstić information content (AvgIpc) is 3.51. The van der Waals surface area contributed by atoms with E-state index in [4.69, 9.17) is 0 Å². The Morgan fingerprint density at radius 2 is 2.03 bits per heavy atom. The summed E-state index contributed by atoms with van der Waals surface area (Å²) in [6, 6.07) is 14.5. The summed E-state index contributed by atoms with van der Waals surface area (Å²) in [5.74, 6) is -0.0170. The molecule has 1 N–H and O–H groups in total. The zero-order valence-electron chi connectivity index (χ0n) is 16.7. The van der Waals surface area contributed by atoms with Crippen LogP contribution < -0.4 is 9.62 Å². The van der Waals surface area contributed by atoms with Crippen molar-refractivity contribution in [3.63, 3.8) is 0 Å². The van der Waals surface area contributed by atoms with Crippen LogP contribution in [-0.2, 0) is 21.2 Å². The van der Waals surface area contributed by atoms with Gasteiger partial charge in [0.25, 0.3) is 10.0 Å². The molecule has 0 bridgehead atoms. The van der Waals surface area contributed by atoms with E-state index < -0.39 is 10.0 Å². The first kappa shape index (κ1) is 19.8. The summed E-state index contributed by atoms with van der Waals surface area (Å²) < 4.78 is 29.8. The second-order valence-electron chi connectivity index (χ2n) is 7.43. The van der Waals surface area contributed by atoms with Gasteiger partial charge in [-0.1, -0.05) is 18.2 Å². The van der Waals surface area contributed by atoms with Crippen LogP contribution in [0.2, 0.25) is 0 Å². The smallest absolute Gasteiger partial charge is 0.263 e. The Morgan fingerprint density at radius 3 is 2.84 bits per heavy atom. The lowest BCUT2D eigenvalue weighted by atomic mass is 10.2. The van der Waals surface area contributed by atoms with E-state index in [2.05, 4.69) is 9.71 Å². The number of anilines is 2. The van der Waals surface area contributed by atoms with Gasteiger partial charge in [0, 0.05) is 35.5 Å². The van der Waals surface area contributed by atoms with Crippen LogP contribution in [0.3, 0.4) is 0 Å². The maximum absolute atomic E-state index is 13.3. The average molecular weight is 453 g/mol. The zero-order valence-corrected chi connectivity index (χ0v) is 18.4. The fourth-order valence-corrected chi connectivity index (χ4v) is 5.85. The van der Waals surface area contributed by atoms with Crippen molar-refractivity contribution in [2.24, 2.45) is 0 Å². The second-order valence-corrected chi connectivity index (χ2v) is 10.0. The summed E-state index contributed by atoms with van der Waals surface area (Å²) >= 11 is 1.22. The minimum atomic E-state index is -3.73. The Kier molecular flexibility index (Phi) is 4.79. The summed E-state index contributed by atoms with van der Waals surface area (Å²) in [6.45, 7) is 2.42. The van der Waals surface area contributed by atoms with Crippen molar-refractivity contribution in [1.82, 2.24) is 9.55 Å². The van der Waals surface area contributed by atoms with E-state index in [1.807, 2.05) is 48.0 Å². The molecule has 1 aliphatic rings. The van der Waals surface area contributed by atoms with E-state index in [9.17, 15) is 13.2 Å². The molecule has 1 amide bonds. The number of aromatic nitrogens is 2. The van der Waals surface area contributed by atoms with E-state index in [-0.39, 0.29) is 16.8 Å². The fraction of sp³-hybridized carbons (Fsp3) is 0.182. The molecular formula is C22H20N4O3S2. The number of thiazole rings is 1.